The minimum absolute atomic E-state index is 0.330. The van der Waals surface area contributed by atoms with Crippen LogP contribution in [-0.2, 0) is 17.6 Å². The Balaban J connectivity index is 0.000000687. The smallest absolute Gasteiger partial charge is 0.300 e. The van der Waals surface area contributed by atoms with Crippen LogP contribution in [0, 0.1) is 0 Å². The number of aryl methyl sites for hydroxylation is 1. The number of aromatic nitrogens is 1. The van der Waals surface area contributed by atoms with E-state index >= 15 is 0 Å². The molecule has 0 fully saturated rings. The lowest BCUT2D eigenvalue weighted by Gasteiger charge is -2.26. The zero-order chi connectivity index (χ0) is 21.6. The molecule has 0 spiro atoms. The Bertz CT molecular complexity index is 843. The van der Waals surface area contributed by atoms with Crippen molar-refractivity contribution >= 4 is 39.9 Å². The second kappa shape index (κ2) is 10.6. The third-order valence-electron chi connectivity index (χ3n) is 5.00. The van der Waals surface area contributed by atoms with E-state index < -0.39 is 5.97 Å². The van der Waals surface area contributed by atoms with Crippen LogP contribution in [0.4, 0.5) is 5.69 Å². The number of aliphatic carboxylic acids is 1. The Hall–Kier alpha value is -2.12. The summed E-state index contributed by atoms with van der Waals surface area (Å²) in [7, 11) is 0. The highest BCUT2D eigenvalue weighted by atomic mass is 32.1. The molecule has 2 aromatic rings. The first-order valence-corrected chi connectivity index (χ1v) is 10.8. The Morgan fingerprint density at radius 3 is 2.66 bits per heavy atom. The first-order valence-electron chi connectivity index (χ1n) is 10.4. The van der Waals surface area contributed by atoms with Crippen LogP contribution in [0.5, 0.6) is 0 Å². The molecule has 29 heavy (non-hydrogen) atoms. The summed E-state index contributed by atoms with van der Waals surface area (Å²) >= 11 is 5.37. The second-order valence-corrected chi connectivity index (χ2v) is 8.44. The predicted octanol–water partition coefficient (Wildman–Crippen LogP) is 4.20. The van der Waals surface area contributed by atoms with Crippen LogP contribution in [0.2, 0.25) is 0 Å². The lowest BCUT2D eigenvalue weighted by Crippen LogP contribution is -2.39. The Labute approximate surface area is 178 Å². The largest absolute Gasteiger partial charge is 0.481 e. The molecule has 2 unspecified atom stereocenters. The molecule has 1 aliphatic rings. The van der Waals surface area contributed by atoms with Gasteiger partial charge < -0.3 is 26.0 Å². The summed E-state index contributed by atoms with van der Waals surface area (Å²) in [5.74, 6) is -0.833. The average Bonchev–Trinajstić information content (AvgIpc) is 2.98. The van der Waals surface area contributed by atoms with Crippen LogP contribution in [-0.4, -0.2) is 39.3 Å². The zero-order valence-electron chi connectivity index (χ0n) is 18.1. The summed E-state index contributed by atoms with van der Waals surface area (Å²) < 4.78 is 0. The van der Waals surface area contributed by atoms with E-state index in [1.165, 1.54) is 35.0 Å². The number of carboxylic acids is 1. The Kier molecular flexibility index (Phi) is 8.46. The summed E-state index contributed by atoms with van der Waals surface area (Å²) in [6, 6.07) is 7.95. The van der Waals surface area contributed by atoms with Crippen LogP contribution < -0.4 is 16.0 Å². The fourth-order valence-corrected chi connectivity index (χ4v) is 3.94. The minimum atomic E-state index is -0.833. The molecule has 0 radical (unpaired) electrons. The van der Waals surface area contributed by atoms with Crippen molar-refractivity contribution in [2.45, 2.75) is 78.4 Å². The Morgan fingerprint density at radius 2 is 2.03 bits per heavy atom. The van der Waals surface area contributed by atoms with Gasteiger partial charge in [0.05, 0.1) is 0 Å². The van der Waals surface area contributed by atoms with E-state index in [1.54, 1.807) is 0 Å². The number of carboxylic acid groups (broad SMARTS) is 1. The van der Waals surface area contributed by atoms with E-state index in [9.17, 15) is 0 Å². The van der Waals surface area contributed by atoms with Gasteiger partial charge in [-0.2, -0.15) is 0 Å². The molecule has 5 N–H and O–H groups in total. The Morgan fingerprint density at radius 1 is 1.34 bits per heavy atom. The van der Waals surface area contributed by atoms with Crippen molar-refractivity contribution in [2.24, 2.45) is 0 Å². The molecule has 1 heterocycles. The molecule has 7 heteroatoms. The molecular weight excluding hydrogens is 384 g/mol. The maximum atomic E-state index is 9.00. The number of benzene rings is 1. The van der Waals surface area contributed by atoms with Gasteiger partial charge >= 0.3 is 0 Å². The molecule has 0 bridgehead atoms. The molecule has 0 aliphatic heterocycles. The number of carbonyl (C=O) groups is 1. The molecule has 0 saturated carbocycles. The van der Waals surface area contributed by atoms with E-state index in [0.29, 0.717) is 23.2 Å². The summed E-state index contributed by atoms with van der Waals surface area (Å²) in [4.78, 5) is 12.6. The van der Waals surface area contributed by atoms with Gasteiger partial charge in [-0.15, -0.1) is 0 Å². The molecule has 160 valence electrons. The van der Waals surface area contributed by atoms with E-state index in [2.05, 4.69) is 66.8 Å². The maximum Gasteiger partial charge on any atom is 0.300 e. The van der Waals surface area contributed by atoms with Crippen LogP contribution in [0.1, 0.15) is 58.7 Å². The molecule has 0 saturated heterocycles. The van der Waals surface area contributed by atoms with Gasteiger partial charge in [0.15, 0.2) is 5.11 Å². The number of rotatable bonds is 5. The molecule has 2 atom stereocenters. The van der Waals surface area contributed by atoms with Crippen LogP contribution in [0.3, 0.4) is 0 Å². The van der Waals surface area contributed by atoms with Crippen molar-refractivity contribution in [3.05, 3.63) is 29.5 Å². The van der Waals surface area contributed by atoms with Crippen LogP contribution >= 0.6 is 12.2 Å². The lowest BCUT2D eigenvalue weighted by molar-refractivity contribution is -0.134. The molecule has 1 aromatic carbocycles. The van der Waals surface area contributed by atoms with Crippen molar-refractivity contribution in [3.63, 3.8) is 0 Å². The van der Waals surface area contributed by atoms with E-state index in [4.69, 9.17) is 22.1 Å². The third-order valence-corrected chi connectivity index (χ3v) is 5.22. The highest BCUT2D eigenvalue weighted by Gasteiger charge is 2.23. The topological polar surface area (TPSA) is 89.2 Å². The first-order chi connectivity index (χ1) is 13.7. The molecule has 1 aromatic heterocycles. The average molecular weight is 419 g/mol. The van der Waals surface area contributed by atoms with Gasteiger partial charge in [0.1, 0.15) is 0 Å². The van der Waals surface area contributed by atoms with Gasteiger partial charge in [-0.05, 0) is 82.4 Å². The first kappa shape index (κ1) is 23.2. The van der Waals surface area contributed by atoms with Crippen LogP contribution in [0.15, 0.2) is 18.2 Å². The van der Waals surface area contributed by atoms with Gasteiger partial charge in [0.2, 0.25) is 0 Å². The number of thiocarbonyl (C=S) groups is 1. The molecule has 3 rings (SSSR count). The van der Waals surface area contributed by atoms with Crippen molar-refractivity contribution in [1.82, 2.24) is 15.6 Å². The number of H-pyrrole nitrogens is 1. The quantitative estimate of drug-likeness (QED) is 0.468. The zero-order valence-corrected chi connectivity index (χ0v) is 18.9. The SMILES string of the molecule is CC(=O)O.CCC(C)NC1CCc2[nH]c3ccc(NC(=S)NC(C)C)cc3c2C1. The molecule has 1 aliphatic carbocycles. The number of hydrogen-bond donors (Lipinski definition) is 5. The van der Waals surface area contributed by atoms with Crippen molar-refractivity contribution < 1.29 is 9.90 Å². The van der Waals surface area contributed by atoms with Gasteiger partial charge in [-0.25, -0.2) is 0 Å². The number of nitrogens with one attached hydrogen (secondary N) is 4. The summed E-state index contributed by atoms with van der Waals surface area (Å²) in [6.07, 6.45) is 4.59. The van der Waals surface area contributed by atoms with Crippen molar-refractivity contribution in [2.75, 3.05) is 5.32 Å². The normalized spacial score (nSPS) is 16.6. The number of hydrogen-bond acceptors (Lipinski definition) is 3. The standard InChI is InChI=1S/C20H30N4S.C2H4O2/c1-5-13(4)22-14-6-8-18-16(10-14)17-11-15(7-9-19(17)24-18)23-20(25)21-12(2)3;1-2(3)4/h7,9,11-14,22,24H,5-6,8,10H2,1-4H3,(H2,21,23,25);1H3,(H,3,4). The fraction of sp³-hybridized carbons (Fsp3) is 0.545. The summed E-state index contributed by atoms with van der Waals surface area (Å²) in [5, 5.41) is 19.7. The number of fused-ring (bicyclic) bond motifs is 3. The van der Waals surface area contributed by atoms with Gasteiger partial charge in [0.25, 0.3) is 5.97 Å². The maximum absolute atomic E-state index is 9.00. The minimum Gasteiger partial charge on any atom is -0.481 e. The number of anilines is 1. The monoisotopic (exact) mass is 418 g/mol. The third kappa shape index (κ3) is 7.01. The van der Waals surface area contributed by atoms with E-state index in [1.807, 2.05) is 0 Å². The fourth-order valence-electron chi connectivity index (χ4n) is 3.59. The summed E-state index contributed by atoms with van der Waals surface area (Å²) in [5.41, 5.74) is 5.14. The van der Waals surface area contributed by atoms with E-state index in [-0.39, 0.29) is 0 Å². The van der Waals surface area contributed by atoms with Crippen LogP contribution in [0.25, 0.3) is 10.9 Å². The lowest BCUT2D eigenvalue weighted by atomic mass is 9.91. The van der Waals surface area contributed by atoms with Crippen molar-refractivity contribution in [3.8, 4) is 0 Å². The van der Waals surface area contributed by atoms with E-state index in [0.717, 1.165) is 25.5 Å². The highest BCUT2D eigenvalue weighted by molar-refractivity contribution is 7.80. The highest BCUT2D eigenvalue weighted by Crippen LogP contribution is 2.31. The van der Waals surface area contributed by atoms with Gasteiger partial charge in [0, 0.05) is 47.3 Å². The molecule has 0 amide bonds. The molecular formula is C22H34N4O2S. The van der Waals surface area contributed by atoms with Crippen molar-refractivity contribution in [1.29, 1.82) is 0 Å². The number of aromatic amines is 1. The second-order valence-electron chi connectivity index (χ2n) is 8.03. The summed E-state index contributed by atoms with van der Waals surface area (Å²) in [6.45, 7) is 9.77. The van der Waals surface area contributed by atoms with Gasteiger partial charge in [-0.1, -0.05) is 6.92 Å². The molecule has 6 nitrogen and oxygen atoms in total. The van der Waals surface area contributed by atoms with Gasteiger partial charge in [-0.3, -0.25) is 4.79 Å². The predicted molar refractivity (Wildman–Crippen MR) is 125 cm³/mol.